The van der Waals surface area contributed by atoms with Crippen molar-refractivity contribution >= 4 is 11.9 Å². The zero-order chi connectivity index (χ0) is 18.1. The third-order valence-corrected chi connectivity index (χ3v) is 7.37. The van der Waals surface area contributed by atoms with Crippen LogP contribution in [0.4, 0.5) is 0 Å². The number of hydrogen-bond acceptors (Lipinski definition) is 4. The first-order valence-corrected chi connectivity index (χ1v) is 10.7. The zero-order valence-electron chi connectivity index (χ0n) is 15.8. The van der Waals surface area contributed by atoms with Crippen molar-refractivity contribution in [2.45, 2.75) is 95.7 Å². The van der Waals surface area contributed by atoms with Gasteiger partial charge < -0.3 is 9.47 Å². The van der Waals surface area contributed by atoms with Crippen molar-refractivity contribution in [1.82, 2.24) is 0 Å². The van der Waals surface area contributed by atoms with Crippen LogP contribution in [0.1, 0.15) is 83.5 Å². The van der Waals surface area contributed by atoms with E-state index in [1.165, 1.54) is 19.3 Å². The summed E-state index contributed by atoms with van der Waals surface area (Å²) in [6.45, 7) is 4.08. The number of fused-ring (bicyclic) bond motifs is 1. The monoisotopic (exact) mass is 360 g/mol. The van der Waals surface area contributed by atoms with E-state index < -0.39 is 0 Å². The van der Waals surface area contributed by atoms with Crippen molar-refractivity contribution in [2.75, 3.05) is 0 Å². The summed E-state index contributed by atoms with van der Waals surface area (Å²) in [7, 11) is 0. The predicted octanol–water partition coefficient (Wildman–Crippen LogP) is 4.71. The molecule has 0 spiro atoms. The van der Waals surface area contributed by atoms with Gasteiger partial charge in [0.15, 0.2) is 0 Å². The van der Waals surface area contributed by atoms with Crippen LogP contribution in [0.5, 0.6) is 0 Å². The topological polar surface area (TPSA) is 52.6 Å². The average molecular weight is 360 g/mol. The molecule has 4 aliphatic rings. The van der Waals surface area contributed by atoms with Crippen LogP contribution in [-0.2, 0) is 19.1 Å². The first-order chi connectivity index (χ1) is 12.6. The van der Waals surface area contributed by atoms with Gasteiger partial charge in [-0.1, -0.05) is 32.3 Å². The Bertz CT molecular complexity index is 569. The molecule has 4 aliphatic carbocycles. The molecule has 2 atom stereocenters. The molecule has 0 heterocycles. The predicted molar refractivity (Wildman–Crippen MR) is 98.3 cm³/mol. The van der Waals surface area contributed by atoms with E-state index in [1.807, 2.05) is 0 Å². The summed E-state index contributed by atoms with van der Waals surface area (Å²) in [5, 5.41) is 0. The van der Waals surface area contributed by atoms with Gasteiger partial charge in [-0.15, -0.1) is 0 Å². The normalized spacial score (nSPS) is 36.8. The van der Waals surface area contributed by atoms with Crippen LogP contribution >= 0.6 is 0 Å². The van der Waals surface area contributed by atoms with Gasteiger partial charge in [-0.05, 0) is 63.7 Å². The first kappa shape index (κ1) is 18.1. The first-order valence-electron chi connectivity index (χ1n) is 10.7. The second-order valence-corrected chi connectivity index (χ2v) is 9.00. The van der Waals surface area contributed by atoms with Crippen LogP contribution in [0.25, 0.3) is 0 Å². The fourth-order valence-corrected chi connectivity index (χ4v) is 5.54. The van der Waals surface area contributed by atoms with Gasteiger partial charge >= 0.3 is 11.9 Å². The third kappa shape index (κ3) is 3.57. The maximum atomic E-state index is 12.5. The SMILES string of the molecule is C=C(C(=O)OC1CCC(OC(=O)C2CCCCC2)CC1)C12CCCC1C2. The molecule has 0 aromatic rings. The van der Waals surface area contributed by atoms with Gasteiger partial charge in [0.05, 0.1) is 5.92 Å². The van der Waals surface area contributed by atoms with Gasteiger partial charge in [0.25, 0.3) is 0 Å². The molecule has 0 aliphatic heterocycles. The molecular formula is C22H32O4. The number of ether oxygens (including phenoxy) is 2. The summed E-state index contributed by atoms with van der Waals surface area (Å²) in [6.07, 6.45) is 13.3. The smallest absolute Gasteiger partial charge is 0.334 e. The van der Waals surface area contributed by atoms with Gasteiger partial charge in [-0.3, -0.25) is 4.79 Å². The molecule has 0 saturated heterocycles. The molecule has 4 nitrogen and oxygen atoms in total. The Morgan fingerprint density at radius 1 is 0.808 bits per heavy atom. The lowest BCUT2D eigenvalue weighted by molar-refractivity contribution is -0.160. The molecule has 4 rings (SSSR count). The van der Waals surface area contributed by atoms with Crippen molar-refractivity contribution < 1.29 is 19.1 Å². The lowest BCUT2D eigenvalue weighted by atomic mass is 9.89. The Morgan fingerprint density at radius 2 is 1.46 bits per heavy atom. The minimum Gasteiger partial charge on any atom is -0.462 e. The van der Waals surface area contributed by atoms with E-state index in [0.717, 1.165) is 64.2 Å². The lowest BCUT2D eigenvalue weighted by Crippen LogP contribution is -2.32. The summed E-state index contributed by atoms with van der Waals surface area (Å²) >= 11 is 0. The number of carbonyl (C=O) groups excluding carboxylic acids is 2. The number of esters is 2. The molecule has 0 aromatic heterocycles. The molecule has 144 valence electrons. The van der Waals surface area contributed by atoms with Crippen molar-refractivity contribution in [3.8, 4) is 0 Å². The quantitative estimate of drug-likeness (QED) is 0.526. The van der Waals surface area contributed by atoms with Gasteiger partial charge in [0, 0.05) is 11.0 Å². The average Bonchev–Trinajstić information content (AvgIpc) is 3.24. The number of rotatable bonds is 5. The summed E-state index contributed by atoms with van der Waals surface area (Å²) < 4.78 is 11.5. The van der Waals surface area contributed by atoms with E-state index in [2.05, 4.69) is 6.58 Å². The molecule has 0 N–H and O–H groups in total. The molecule has 26 heavy (non-hydrogen) atoms. The van der Waals surface area contributed by atoms with Crippen molar-refractivity contribution in [1.29, 1.82) is 0 Å². The van der Waals surface area contributed by atoms with Crippen molar-refractivity contribution in [3.05, 3.63) is 12.2 Å². The van der Waals surface area contributed by atoms with E-state index in [4.69, 9.17) is 9.47 Å². The van der Waals surface area contributed by atoms with E-state index >= 15 is 0 Å². The highest BCUT2D eigenvalue weighted by Gasteiger charge is 2.60. The van der Waals surface area contributed by atoms with E-state index in [9.17, 15) is 9.59 Å². The third-order valence-electron chi connectivity index (χ3n) is 7.37. The largest absolute Gasteiger partial charge is 0.462 e. The van der Waals surface area contributed by atoms with Gasteiger partial charge in [0.2, 0.25) is 0 Å². The minimum absolute atomic E-state index is 0.00127. The van der Waals surface area contributed by atoms with Crippen molar-refractivity contribution in [2.24, 2.45) is 17.3 Å². The fraction of sp³-hybridized carbons (Fsp3) is 0.818. The highest BCUT2D eigenvalue weighted by molar-refractivity contribution is 5.90. The summed E-state index contributed by atoms with van der Waals surface area (Å²) in [5.74, 6) is 0.605. The second-order valence-electron chi connectivity index (χ2n) is 9.00. The molecule has 0 bridgehead atoms. The van der Waals surface area contributed by atoms with Gasteiger partial charge in [0.1, 0.15) is 12.2 Å². The number of carbonyl (C=O) groups is 2. The molecule has 4 fully saturated rings. The summed E-state index contributed by atoms with van der Waals surface area (Å²) in [5.41, 5.74) is 0.801. The molecule has 0 amide bonds. The van der Waals surface area contributed by atoms with Crippen LogP contribution < -0.4 is 0 Å². The Kier molecular flexibility index (Phi) is 5.11. The molecular weight excluding hydrogens is 328 g/mol. The zero-order valence-corrected chi connectivity index (χ0v) is 15.8. The standard InChI is InChI=1S/C22H32O4/c1-15(22-13-5-8-17(22)14-22)20(23)25-18-9-11-19(12-10-18)26-21(24)16-6-3-2-4-7-16/h16-19H,1-14H2. The van der Waals surface area contributed by atoms with E-state index in [0.29, 0.717) is 11.5 Å². The van der Waals surface area contributed by atoms with Crippen molar-refractivity contribution in [3.63, 3.8) is 0 Å². The van der Waals surface area contributed by atoms with Gasteiger partial charge in [-0.25, -0.2) is 4.79 Å². The molecule has 4 saturated carbocycles. The Balaban J connectivity index is 1.19. The number of hydrogen-bond donors (Lipinski definition) is 0. The second kappa shape index (κ2) is 7.36. The Labute approximate surface area is 156 Å². The van der Waals surface area contributed by atoms with Crippen LogP contribution in [0.15, 0.2) is 12.2 Å². The van der Waals surface area contributed by atoms with Crippen LogP contribution in [0.2, 0.25) is 0 Å². The molecule has 2 unspecified atom stereocenters. The van der Waals surface area contributed by atoms with E-state index in [-0.39, 0.29) is 35.5 Å². The van der Waals surface area contributed by atoms with Gasteiger partial charge in [-0.2, -0.15) is 0 Å². The Hall–Kier alpha value is -1.32. The molecule has 0 aromatic carbocycles. The van der Waals surface area contributed by atoms with Crippen LogP contribution in [-0.4, -0.2) is 24.1 Å². The molecule has 0 radical (unpaired) electrons. The lowest BCUT2D eigenvalue weighted by Gasteiger charge is -2.30. The van der Waals surface area contributed by atoms with Crippen LogP contribution in [0, 0.1) is 17.3 Å². The summed E-state index contributed by atoms with van der Waals surface area (Å²) in [6, 6.07) is 0. The minimum atomic E-state index is -0.183. The maximum absolute atomic E-state index is 12.5. The van der Waals surface area contributed by atoms with Crippen LogP contribution in [0.3, 0.4) is 0 Å². The molecule has 4 heteroatoms. The Morgan fingerprint density at radius 3 is 2.04 bits per heavy atom. The highest BCUT2D eigenvalue weighted by atomic mass is 16.6. The maximum Gasteiger partial charge on any atom is 0.334 e. The fourth-order valence-electron chi connectivity index (χ4n) is 5.54. The summed E-state index contributed by atoms with van der Waals surface area (Å²) in [4.78, 5) is 24.8. The van der Waals surface area contributed by atoms with E-state index in [1.54, 1.807) is 0 Å². The highest BCUT2D eigenvalue weighted by Crippen LogP contribution is 2.67.